The number of nitrogens with two attached hydrogens (primary N) is 1. The first-order valence-corrected chi connectivity index (χ1v) is 6.90. The van der Waals surface area contributed by atoms with Gasteiger partial charge >= 0.3 is 5.69 Å². The number of nitrogen functional groups attached to an aromatic ring is 1. The van der Waals surface area contributed by atoms with E-state index in [0.717, 1.165) is 19.4 Å². The van der Waals surface area contributed by atoms with Gasteiger partial charge in [-0.25, -0.2) is 9.97 Å². The zero-order valence-corrected chi connectivity index (χ0v) is 11.2. The SMILES string of the molecule is Nc1ncnc(NC2CCN3CCCC3C2)c1[N+](=O)[O-]. The topological polar surface area (TPSA) is 110 Å². The smallest absolute Gasteiger partial charge is 0.352 e. The molecular formula is C12H18N6O2. The lowest BCUT2D eigenvalue weighted by Gasteiger charge is -2.35. The fraction of sp³-hybridized carbons (Fsp3) is 0.667. The van der Waals surface area contributed by atoms with Crippen molar-refractivity contribution < 1.29 is 4.92 Å². The number of piperidine rings is 1. The van der Waals surface area contributed by atoms with Gasteiger partial charge in [-0.1, -0.05) is 0 Å². The zero-order valence-electron chi connectivity index (χ0n) is 11.2. The molecule has 8 heteroatoms. The van der Waals surface area contributed by atoms with Crippen molar-refractivity contribution >= 4 is 17.3 Å². The maximum atomic E-state index is 11.1. The molecule has 2 saturated heterocycles. The third-order valence-corrected chi connectivity index (χ3v) is 4.19. The summed E-state index contributed by atoms with van der Waals surface area (Å²) in [4.78, 5) is 20.7. The molecule has 2 aliphatic heterocycles. The molecule has 1 aromatic rings. The monoisotopic (exact) mass is 278 g/mol. The van der Waals surface area contributed by atoms with Crippen LogP contribution in [0, 0.1) is 10.1 Å². The van der Waals surface area contributed by atoms with E-state index < -0.39 is 4.92 Å². The highest BCUT2D eigenvalue weighted by atomic mass is 16.6. The van der Waals surface area contributed by atoms with Crippen LogP contribution in [-0.2, 0) is 0 Å². The minimum atomic E-state index is -0.525. The second kappa shape index (κ2) is 5.20. The number of hydrogen-bond donors (Lipinski definition) is 2. The molecule has 1 aromatic heterocycles. The summed E-state index contributed by atoms with van der Waals surface area (Å²) in [6.45, 7) is 2.22. The van der Waals surface area contributed by atoms with Gasteiger partial charge in [0.2, 0.25) is 11.6 Å². The van der Waals surface area contributed by atoms with Crippen molar-refractivity contribution in [1.82, 2.24) is 14.9 Å². The van der Waals surface area contributed by atoms with Crippen LogP contribution in [0.4, 0.5) is 17.3 Å². The highest BCUT2D eigenvalue weighted by Gasteiger charge is 2.33. The van der Waals surface area contributed by atoms with E-state index >= 15 is 0 Å². The predicted octanol–water partition coefficient (Wildman–Crippen LogP) is 1.01. The molecular weight excluding hydrogens is 260 g/mol. The Morgan fingerprint density at radius 2 is 2.25 bits per heavy atom. The van der Waals surface area contributed by atoms with Crippen LogP contribution < -0.4 is 11.1 Å². The Morgan fingerprint density at radius 3 is 3.05 bits per heavy atom. The summed E-state index contributed by atoms with van der Waals surface area (Å²) in [7, 11) is 0. The molecule has 8 nitrogen and oxygen atoms in total. The molecule has 108 valence electrons. The molecule has 3 rings (SSSR count). The Bertz CT molecular complexity index is 523. The molecule has 3 N–H and O–H groups in total. The van der Waals surface area contributed by atoms with Gasteiger partial charge in [0.05, 0.1) is 4.92 Å². The zero-order chi connectivity index (χ0) is 14.1. The van der Waals surface area contributed by atoms with E-state index in [1.807, 2.05) is 0 Å². The molecule has 0 radical (unpaired) electrons. The van der Waals surface area contributed by atoms with Gasteiger partial charge in [-0.3, -0.25) is 10.1 Å². The number of nitrogens with zero attached hydrogens (tertiary/aromatic N) is 4. The standard InChI is InChI=1S/C12H18N6O2/c13-11-10(18(19)20)12(15-7-14-11)16-8-3-5-17-4-1-2-9(17)6-8/h7-9H,1-6H2,(H3,13,14,15,16). The number of nitro groups is 1. The van der Waals surface area contributed by atoms with Crippen molar-refractivity contribution in [3.05, 3.63) is 16.4 Å². The average molecular weight is 278 g/mol. The highest BCUT2D eigenvalue weighted by molar-refractivity contribution is 5.67. The van der Waals surface area contributed by atoms with E-state index in [9.17, 15) is 10.1 Å². The quantitative estimate of drug-likeness (QED) is 0.627. The lowest BCUT2D eigenvalue weighted by molar-refractivity contribution is -0.383. The van der Waals surface area contributed by atoms with Gasteiger partial charge in [0.25, 0.3) is 0 Å². The molecule has 20 heavy (non-hydrogen) atoms. The Morgan fingerprint density at radius 1 is 1.40 bits per heavy atom. The van der Waals surface area contributed by atoms with Crippen molar-refractivity contribution in [2.45, 2.75) is 37.8 Å². The summed E-state index contributed by atoms with van der Waals surface area (Å²) in [6, 6.07) is 0.807. The fourth-order valence-electron chi connectivity index (χ4n) is 3.23. The Kier molecular flexibility index (Phi) is 3.39. The minimum absolute atomic E-state index is 0.0918. The number of nitrogens with one attached hydrogen (secondary N) is 1. The van der Waals surface area contributed by atoms with Gasteiger partial charge in [0, 0.05) is 18.6 Å². The van der Waals surface area contributed by atoms with Crippen LogP contribution >= 0.6 is 0 Å². The maximum Gasteiger partial charge on any atom is 0.352 e. The Labute approximate surface area is 116 Å². The van der Waals surface area contributed by atoms with Gasteiger partial charge in [0.1, 0.15) is 6.33 Å². The van der Waals surface area contributed by atoms with Crippen LogP contribution in [0.5, 0.6) is 0 Å². The van der Waals surface area contributed by atoms with E-state index in [-0.39, 0.29) is 23.4 Å². The lowest BCUT2D eigenvalue weighted by atomic mass is 9.97. The van der Waals surface area contributed by atoms with Gasteiger partial charge in [0.15, 0.2) is 0 Å². The summed E-state index contributed by atoms with van der Waals surface area (Å²) in [6.07, 6.45) is 5.69. The molecule has 0 spiro atoms. The number of aromatic nitrogens is 2. The van der Waals surface area contributed by atoms with Gasteiger partial charge in [-0.05, 0) is 32.2 Å². The van der Waals surface area contributed by atoms with Crippen molar-refractivity contribution in [3.63, 3.8) is 0 Å². The normalized spacial score (nSPS) is 26.2. The van der Waals surface area contributed by atoms with E-state index in [1.165, 1.54) is 25.7 Å². The summed E-state index contributed by atoms with van der Waals surface area (Å²) in [5, 5.41) is 14.2. The number of anilines is 2. The summed E-state index contributed by atoms with van der Waals surface area (Å²) < 4.78 is 0. The molecule has 2 fully saturated rings. The van der Waals surface area contributed by atoms with Gasteiger partial charge in [-0.2, -0.15) is 0 Å². The molecule has 0 saturated carbocycles. The maximum absolute atomic E-state index is 11.1. The van der Waals surface area contributed by atoms with Crippen LogP contribution in [0.1, 0.15) is 25.7 Å². The van der Waals surface area contributed by atoms with Crippen molar-refractivity contribution in [2.24, 2.45) is 0 Å². The second-order valence-corrected chi connectivity index (χ2v) is 5.41. The largest absolute Gasteiger partial charge is 0.378 e. The van der Waals surface area contributed by atoms with Crippen LogP contribution in [0.3, 0.4) is 0 Å². The lowest BCUT2D eigenvalue weighted by Crippen LogP contribution is -2.42. The second-order valence-electron chi connectivity index (χ2n) is 5.41. The summed E-state index contributed by atoms with van der Waals surface area (Å²) in [5.41, 5.74) is 5.35. The van der Waals surface area contributed by atoms with E-state index in [4.69, 9.17) is 5.73 Å². The molecule has 0 amide bonds. The van der Waals surface area contributed by atoms with E-state index in [1.54, 1.807) is 0 Å². The molecule has 3 heterocycles. The fourth-order valence-corrected chi connectivity index (χ4v) is 3.23. The van der Waals surface area contributed by atoms with Crippen molar-refractivity contribution in [3.8, 4) is 0 Å². The first-order valence-electron chi connectivity index (χ1n) is 6.90. The summed E-state index contributed by atoms with van der Waals surface area (Å²) >= 11 is 0. The Hall–Kier alpha value is -1.96. The minimum Gasteiger partial charge on any atom is -0.378 e. The van der Waals surface area contributed by atoms with Crippen molar-refractivity contribution in [1.29, 1.82) is 0 Å². The first-order chi connectivity index (χ1) is 9.65. The van der Waals surface area contributed by atoms with Crippen molar-refractivity contribution in [2.75, 3.05) is 24.1 Å². The highest BCUT2D eigenvalue weighted by Crippen LogP contribution is 2.31. The average Bonchev–Trinajstić information content (AvgIpc) is 2.85. The third kappa shape index (κ3) is 2.38. The number of fused-ring (bicyclic) bond motifs is 1. The summed E-state index contributed by atoms with van der Waals surface area (Å²) in [5.74, 6) is 0.143. The van der Waals surface area contributed by atoms with Crippen LogP contribution in [0.25, 0.3) is 0 Å². The van der Waals surface area contributed by atoms with E-state index in [0.29, 0.717) is 6.04 Å². The molecule has 0 aromatic carbocycles. The van der Waals surface area contributed by atoms with Gasteiger partial charge < -0.3 is 16.0 Å². The number of rotatable bonds is 3. The third-order valence-electron chi connectivity index (χ3n) is 4.19. The molecule has 0 bridgehead atoms. The molecule has 0 aliphatic carbocycles. The molecule has 2 atom stereocenters. The van der Waals surface area contributed by atoms with Crippen LogP contribution in [-0.4, -0.2) is 45.0 Å². The molecule has 2 unspecified atom stereocenters. The first kappa shape index (κ1) is 13.0. The van der Waals surface area contributed by atoms with Crippen LogP contribution in [0.15, 0.2) is 6.33 Å². The Balaban J connectivity index is 1.75. The van der Waals surface area contributed by atoms with Gasteiger partial charge in [-0.15, -0.1) is 0 Å². The molecule has 2 aliphatic rings. The predicted molar refractivity (Wildman–Crippen MR) is 74.3 cm³/mol. The van der Waals surface area contributed by atoms with Crippen LogP contribution in [0.2, 0.25) is 0 Å². The van der Waals surface area contributed by atoms with E-state index in [2.05, 4.69) is 20.2 Å². The number of hydrogen-bond acceptors (Lipinski definition) is 7.